The quantitative estimate of drug-likeness (QED) is 0.937. The van der Waals surface area contributed by atoms with Gasteiger partial charge in [-0.15, -0.1) is 0 Å². The minimum Gasteiger partial charge on any atom is -0.363 e. The second kappa shape index (κ2) is 5.88. The number of hydrogen-bond donors (Lipinski definition) is 1. The van der Waals surface area contributed by atoms with Gasteiger partial charge in [-0.25, -0.2) is 9.37 Å². The van der Waals surface area contributed by atoms with Gasteiger partial charge in [0.25, 0.3) is 0 Å². The number of rotatable bonds is 3. The maximum Gasteiger partial charge on any atom is 0.125 e. The van der Waals surface area contributed by atoms with Crippen molar-refractivity contribution in [2.24, 2.45) is 5.92 Å². The predicted molar refractivity (Wildman–Crippen MR) is 93.3 cm³/mol. The Labute approximate surface area is 142 Å². The number of aromatic amines is 1. The third kappa shape index (κ3) is 2.81. The van der Waals surface area contributed by atoms with E-state index in [-0.39, 0.29) is 11.4 Å². The van der Waals surface area contributed by atoms with Crippen LogP contribution in [0.15, 0.2) is 36.8 Å². The van der Waals surface area contributed by atoms with Crippen LogP contribution in [0.1, 0.15) is 32.4 Å². The zero-order valence-corrected chi connectivity index (χ0v) is 14.4. The first-order chi connectivity index (χ1) is 11.5. The number of aromatic nitrogens is 2. The summed E-state index contributed by atoms with van der Waals surface area (Å²) in [6, 6.07) is 7.57. The molecule has 24 heavy (non-hydrogen) atoms. The topological polar surface area (TPSA) is 35.2 Å². The summed E-state index contributed by atoms with van der Waals surface area (Å²) in [7, 11) is 0. The van der Waals surface area contributed by atoms with Crippen LogP contribution in [0, 0.1) is 11.7 Å². The minimum atomic E-state index is -0.150. The Hall–Kier alpha value is -1.88. The average molecular weight is 328 g/mol. The number of benzene rings is 1. The van der Waals surface area contributed by atoms with Gasteiger partial charge in [-0.1, -0.05) is 6.07 Å². The molecule has 4 rings (SSSR count). The van der Waals surface area contributed by atoms with E-state index < -0.39 is 0 Å². The molecule has 0 amide bonds. The van der Waals surface area contributed by atoms with E-state index >= 15 is 0 Å². The Morgan fingerprint density at radius 2 is 2.25 bits per heavy atom. The van der Waals surface area contributed by atoms with Crippen LogP contribution in [0.3, 0.4) is 0 Å². The number of piperidine rings is 1. The molecule has 2 atom stereocenters. The molecule has 5 heteroatoms. The fourth-order valence-electron chi connectivity index (χ4n) is 4.75. The molecule has 0 saturated carbocycles. The molecule has 2 aromatic rings. The third-order valence-corrected chi connectivity index (χ3v) is 5.56. The third-order valence-electron chi connectivity index (χ3n) is 5.56. The minimum absolute atomic E-state index is 0.0626. The van der Waals surface area contributed by atoms with Crippen molar-refractivity contribution in [1.29, 1.82) is 0 Å². The standard InChI is InChI=1S/C19H25FN4/c1-19(2)9-14-11-23(12-16-10-21-13-22-16)7-6-18(14)24(19)17-5-3-4-15(20)8-17/h3-5,8,10,13-14,18H,6-7,9,11-12H2,1-2H3,(H,21,22)/t14-,18+/m1/s1. The summed E-state index contributed by atoms with van der Waals surface area (Å²) < 4.78 is 13.7. The summed E-state index contributed by atoms with van der Waals surface area (Å²) in [5, 5.41) is 0. The predicted octanol–water partition coefficient (Wildman–Crippen LogP) is 3.43. The molecule has 3 heterocycles. The highest BCUT2D eigenvalue weighted by Crippen LogP contribution is 2.44. The average Bonchev–Trinajstić information content (AvgIpc) is 3.11. The fourth-order valence-corrected chi connectivity index (χ4v) is 4.75. The van der Waals surface area contributed by atoms with Crippen LogP contribution in [0.5, 0.6) is 0 Å². The van der Waals surface area contributed by atoms with Gasteiger partial charge in [0.05, 0.1) is 6.33 Å². The van der Waals surface area contributed by atoms with Gasteiger partial charge in [0, 0.05) is 48.8 Å². The van der Waals surface area contributed by atoms with Crippen LogP contribution in [0.2, 0.25) is 0 Å². The van der Waals surface area contributed by atoms with Gasteiger partial charge in [-0.2, -0.15) is 0 Å². The SMILES string of the molecule is CC1(C)C[C@@H]2CN(Cc3cnc[nH]3)CC[C@@H]2N1c1cccc(F)c1. The fraction of sp³-hybridized carbons (Fsp3) is 0.526. The lowest BCUT2D eigenvalue weighted by Gasteiger charge is -2.41. The Balaban J connectivity index is 1.53. The number of fused-ring (bicyclic) bond motifs is 1. The number of nitrogens with one attached hydrogen (secondary N) is 1. The van der Waals surface area contributed by atoms with E-state index in [0.717, 1.165) is 38.2 Å². The number of anilines is 1. The lowest BCUT2D eigenvalue weighted by Crippen LogP contribution is -2.48. The number of likely N-dealkylation sites (tertiary alicyclic amines) is 1. The van der Waals surface area contributed by atoms with Crippen LogP contribution < -0.4 is 4.90 Å². The first kappa shape index (κ1) is 15.6. The molecule has 2 saturated heterocycles. The molecular weight excluding hydrogens is 303 g/mol. The van der Waals surface area contributed by atoms with Gasteiger partial charge in [0.2, 0.25) is 0 Å². The van der Waals surface area contributed by atoms with Crippen LogP contribution in [-0.4, -0.2) is 39.5 Å². The molecule has 128 valence electrons. The molecule has 0 radical (unpaired) electrons. The summed E-state index contributed by atoms with van der Waals surface area (Å²) in [5.74, 6) is 0.475. The number of imidazole rings is 1. The zero-order valence-electron chi connectivity index (χ0n) is 14.4. The summed E-state index contributed by atoms with van der Waals surface area (Å²) in [5.41, 5.74) is 2.26. The van der Waals surface area contributed by atoms with Crippen molar-refractivity contribution in [2.45, 2.75) is 44.8 Å². The highest BCUT2D eigenvalue weighted by Gasteiger charge is 2.48. The van der Waals surface area contributed by atoms with Gasteiger partial charge >= 0.3 is 0 Å². The highest BCUT2D eigenvalue weighted by molar-refractivity contribution is 5.52. The second-order valence-electron chi connectivity index (χ2n) is 7.79. The molecule has 2 aliphatic heterocycles. The summed E-state index contributed by atoms with van der Waals surface area (Å²) in [4.78, 5) is 12.3. The summed E-state index contributed by atoms with van der Waals surface area (Å²) >= 11 is 0. The van der Waals surface area contributed by atoms with Gasteiger partial charge in [-0.3, -0.25) is 4.90 Å². The molecule has 0 aliphatic carbocycles. The van der Waals surface area contributed by atoms with E-state index in [1.807, 2.05) is 18.3 Å². The van der Waals surface area contributed by atoms with Crippen molar-refractivity contribution in [3.8, 4) is 0 Å². The molecule has 1 aromatic carbocycles. The number of nitrogens with zero attached hydrogens (tertiary/aromatic N) is 3. The monoisotopic (exact) mass is 328 g/mol. The van der Waals surface area contributed by atoms with Crippen LogP contribution >= 0.6 is 0 Å². The van der Waals surface area contributed by atoms with Crippen LogP contribution in [-0.2, 0) is 6.54 Å². The Morgan fingerprint density at radius 3 is 3.00 bits per heavy atom. The van der Waals surface area contributed by atoms with Crippen molar-refractivity contribution in [3.63, 3.8) is 0 Å². The van der Waals surface area contributed by atoms with Gasteiger partial charge in [0.15, 0.2) is 0 Å². The van der Waals surface area contributed by atoms with Gasteiger partial charge < -0.3 is 9.88 Å². The first-order valence-corrected chi connectivity index (χ1v) is 8.77. The molecule has 4 nitrogen and oxygen atoms in total. The Kier molecular flexibility index (Phi) is 3.83. The molecule has 0 unspecified atom stereocenters. The lowest BCUT2D eigenvalue weighted by molar-refractivity contribution is 0.159. The van der Waals surface area contributed by atoms with Crippen molar-refractivity contribution in [2.75, 3.05) is 18.0 Å². The number of hydrogen-bond acceptors (Lipinski definition) is 3. The molecule has 0 bridgehead atoms. The largest absolute Gasteiger partial charge is 0.363 e. The maximum atomic E-state index is 13.7. The number of H-pyrrole nitrogens is 1. The van der Waals surface area contributed by atoms with E-state index in [1.54, 1.807) is 12.4 Å². The molecule has 1 aromatic heterocycles. The number of halogens is 1. The lowest BCUT2D eigenvalue weighted by atomic mass is 9.90. The normalized spacial score (nSPS) is 26.5. The summed E-state index contributed by atoms with van der Waals surface area (Å²) in [6.45, 7) is 7.68. The van der Waals surface area contributed by atoms with E-state index in [1.165, 1.54) is 11.8 Å². The van der Waals surface area contributed by atoms with E-state index in [0.29, 0.717) is 12.0 Å². The zero-order chi connectivity index (χ0) is 16.7. The van der Waals surface area contributed by atoms with Crippen LogP contribution in [0.25, 0.3) is 0 Å². The van der Waals surface area contributed by atoms with Crippen LogP contribution in [0.4, 0.5) is 10.1 Å². The van der Waals surface area contributed by atoms with Crippen molar-refractivity contribution >= 4 is 5.69 Å². The molecule has 2 fully saturated rings. The molecule has 0 spiro atoms. The first-order valence-electron chi connectivity index (χ1n) is 8.77. The maximum absolute atomic E-state index is 13.7. The Bertz CT molecular complexity index is 697. The van der Waals surface area contributed by atoms with Gasteiger partial charge in [-0.05, 0) is 50.8 Å². The van der Waals surface area contributed by atoms with E-state index in [2.05, 4.69) is 33.6 Å². The highest BCUT2D eigenvalue weighted by atomic mass is 19.1. The molecule has 2 aliphatic rings. The second-order valence-corrected chi connectivity index (χ2v) is 7.79. The smallest absolute Gasteiger partial charge is 0.125 e. The van der Waals surface area contributed by atoms with E-state index in [9.17, 15) is 4.39 Å². The van der Waals surface area contributed by atoms with E-state index in [4.69, 9.17) is 0 Å². The summed E-state index contributed by atoms with van der Waals surface area (Å²) in [6.07, 6.45) is 5.92. The van der Waals surface area contributed by atoms with Gasteiger partial charge in [0.1, 0.15) is 5.82 Å². The molecule has 1 N–H and O–H groups in total. The van der Waals surface area contributed by atoms with Crippen molar-refractivity contribution in [3.05, 3.63) is 48.3 Å². The van der Waals surface area contributed by atoms with Crippen molar-refractivity contribution < 1.29 is 4.39 Å². The van der Waals surface area contributed by atoms with Crippen molar-refractivity contribution in [1.82, 2.24) is 14.9 Å². The Morgan fingerprint density at radius 1 is 1.38 bits per heavy atom. The molecular formula is C19H25FN4.